The summed E-state index contributed by atoms with van der Waals surface area (Å²) in [6.45, 7) is 2.73. The first-order valence-electron chi connectivity index (χ1n) is 10.0. The van der Waals surface area contributed by atoms with Crippen molar-refractivity contribution in [2.75, 3.05) is 26.7 Å². The van der Waals surface area contributed by atoms with E-state index in [-0.39, 0.29) is 11.9 Å². The summed E-state index contributed by atoms with van der Waals surface area (Å²) in [7, 11) is 2.11. The minimum Gasteiger partial charge on any atom is -0.350 e. The molecule has 4 heteroatoms. The predicted molar refractivity (Wildman–Crippen MR) is 109 cm³/mol. The monoisotopic (exact) mass is 363 g/mol. The van der Waals surface area contributed by atoms with Crippen LogP contribution in [0.5, 0.6) is 0 Å². The Labute approximate surface area is 162 Å². The van der Waals surface area contributed by atoms with Crippen molar-refractivity contribution in [3.05, 3.63) is 71.3 Å². The Bertz CT molecular complexity index is 758. The Hall–Kier alpha value is -2.17. The van der Waals surface area contributed by atoms with E-state index in [4.69, 9.17) is 0 Å². The van der Waals surface area contributed by atoms with Gasteiger partial charge in [0, 0.05) is 32.0 Å². The molecule has 1 heterocycles. The molecule has 0 unspecified atom stereocenters. The normalized spacial score (nSPS) is 20.6. The fourth-order valence-corrected chi connectivity index (χ4v) is 4.45. The molecule has 0 saturated carbocycles. The minimum atomic E-state index is -0.485. The smallest absolute Gasteiger partial charge is 0.241 e. The van der Waals surface area contributed by atoms with Gasteiger partial charge in [-0.15, -0.1) is 0 Å². The van der Waals surface area contributed by atoms with Gasteiger partial charge in [-0.3, -0.25) is 9.69 Å². The van der Waals surface area contributed by atoms with Gasteiger partial charge in [-0.05, 0) is 43.1 Å². The zero-order valence-electron chi connectivity index (χ0n) is 16.1. The molecular weight excluding hydrogens is 334 g/mol. The lowest BCUT2D eigenvalue weighted by Crippen LogP contribution is -2.60. The van der Waals surface area contributed by atoms with Gasteiger partial charge in [-0.25, -0.2) is 0 Å². The standard InChI is InChI=1S/C23H29N3O/c1-26(14-12-18-7-3-2-4-8-18)23(22(27)25-21-11-13-24-17-21)15-19-9-5-6-10-20(19)16-23/h2-10,21,24H,11-17H2,1H3,(H,25,27)/t21-/m1/s1. The second kappa shape index (κ2) is 7.83. The lowest BCUT2D eigenvalue weighted by Gasteiger charge is -2.38. The van der Waals surface area contributed by atoms with E-state index in [1.165, 1.54) is 16.7 Å². The molecule has 1 fully saturated rings. The van der Waals surface area contributed by atoms with E-state index in [1.54, 1.807) is 0 Å². The minimum absolute atomic E-state index is 0.183. The maximum atomic E-state index is 13.5. The summed E-state index contributed by atoms with van der Waals surface area (Å²) in [5, 5.41) is 6.68. The molecule has 0 bridgehead atoms. The predicted octanol–water partition coefficient (Wildman–Crippen LogP) is 2.18. The summed E-state index contributed by atoms with van der Waals surface area (Å²) in [6.07, 6.45) is 3.55. The molecule has 0 aromatic heterocycles. The summed E-state index contributed by atoms with van der Waals surface area (Å²) in [6, 6.07) is 19.3. The summed E-state index contributed by atoms with van der Waals surface area (Å²) in [4.78, 5) is 15.8. The van der Waals surface area contributed by atoms with Crippen molar-refractivity contribution in [1.29, 1.82) is 0 Å². The van der Waals surface area contributed by atoms with Crippen molar-refractivity contribution < 1.29 is 4.79 Å². The topological polar surface area (TPSA) is 44.4 Å². The zero-order chi connectivity index (χ0) is 18.7. The van der Waals surface area contributed by atoms with Gasteiger partial charge in [0.05, 0.1) is 0 Å². The summed E-state index contributed by atoms with van der Waals surface area (Å²) in [5.41, 5.74) is 3.45. The molecule has 1 saturated heterocycles. The van der Waals surface area contributed by atoms with Gasteiger partial charge in [-0.1, -0.05) is 54.6 Å². The van der Waals surface area contributed by atoms with Gasteiger partial charge in [0.1, 0.15) is 5.54 Å². The van der Waals surface area contributed by atoms with Gasteiger partial charge in [0.2, 0.25) is 5.91 Å². The van der Waals surface area contributed by atoms with E-state index < -0.39 is 5.54 Å². The zero-order valence-corrected chi connectivity index (χ0v) is 16.1. The lowest BCUT2D eigenvalue weighted by molar-refractivity contribution is -0.133. The fraction of sp³-hybridized carbons (Fsp3) is 0.435. The van der Waals surface area contributed by atoms with E-state index in [0.29, 0.717) is 0 Å². The van der Waals surface area contributed by atoms with Crippen LogP contribution in [0.3, 0.4) is 0 Å². The maximum absolute atomic E-state index is 13.5. The molecule has 0 spiro atoms. The van der Waals surface area contributed by atoms with Crippen LogP contribution in [0.1, 0.15) is 23.1 Å². The highest BCUT2D eigenvalue weighted by atomic mass is 16.2. The Morgan fingerprint density at radius 2 is 1.78 bits per heavy atom. The van der Waals surface area contributed by atoms with Crippen LogP contribution in [0, 0.1) is 0 Å². The average molecular weight is 364 g/mol. The van der Waals surface area contributed by atoms with E-state index in [0.717, 1.165) is 45.3 Å². The second-order valence-electron chi connectivity index (χ2n) is 7.97. The molecule has 1 aliphatic carbocycles. The number of carbonyl (C=O) groups excluding carboxylic acids is 1. The molecule has 4 nitrogen and oxygen atoms in total. The number of hydrogen-bond acceptors (Lipinski definition) is 3. The third-order valence-electron chi connectivity index (χ3n) is 6.21. The van der Waals surface area contributed by atoms with E-state index in [2.05, 4.69) is 71.1 Å². The molecule has 1 atom stereocenters. The molecule has 2 aromatic rings. The van der Waals surface area contributed by atoms with Crippen molar-refractivity contribution in [1.82, 2.24) is 15.5 Å². The van der Waals surface area contributed by atoms with E-state index in [1.807, 2.05) is 6.07 Å². The Kier molecular flexibility index (Phi) is 5.28. The number of hydrogen-bond donors (Lipinski definition) is 2. The van der Waals surface area contributed by atoms with Crippen LogP contribution < -0.4 is 10.6 Å². The number of nitrogens with zero attached hydrogens (tertiary/aromatic N) is 1. The molecule has 0 radical (unpaired) electrons. The Morgan fingerprint density at radius 3 is 2.41 bits per heavy atom. The highest BCUT2D eigenvalue weighted by molar-refractivity contribution is 5.88. The highest BCUT2D eigenvalue weighted by Gasteiger charge is 2.47. The number of rotatable bonds is 6. The molecular formula is C23H29N3O. The largest absolute Gasteiger partial charge is 0.350 e. The lowest BCUT2D eigenvalue weighted by atomic mass is 9.91. The van der Waals surface area contributed by atoms with Crippen LogP contribution in [-0.2, 0) is 24.1 Å². The third-order valence-corrected chi connectivity index (χ3v) is 6.21. The number of fused-ring (bicyclic) bond motifs is 1. The Balaban J connectivity index is 1.53. The van der Waals surface area contributed by atoms with Gasteiger partial charge in [0.25, 0.3) is 0 Å². The summed E-state index contributed by atoms with van der Waals surface area (Å²) in [5.74, 6) is 0.183. The van der Waals surface area contributed by atoms with Crippen LogP contribution in [0.2, 0.25) is 0 Å². The summed E-state index contributed by atoms with van der Waals surface area (Å²) < 4.78 is 0. The first-order chi connectivity index (χ1) is 13.2. The van der Waals surface area contributed by atoms with Crippen LogP contribution in [0.15, 0.2) is 54.6 Å². The van der Waals surface area contributed by atoms with Crippen molar-refractivity contribution in [3.63, 3.8) is 0 Å². The van der Waals surface area contributed by atoms with Crippen LogP contribution in [-0.4, -0.2) is 49.1 Å². The van der Waals surface area contributed by atoms with Gasteiger partial charge in [0.15, 0.2) is 0 Å². The van der Waals surface area contributed by atoms with E-state index in [9.17, 15) is 4.79 Å². The third kappa shape index (κ3) is 3.78. The molecule has 4 rings (SSSR count). The molecule has 142 valence electrons. The molecule has 27 heavy (non-hydrogen) atoms. The SMILES string of the molecule is CN(CCc1ccccc1)C1(C(=O)N[C@@H]2CCNC2)Cc2ccccc2C1. The maximum Gasteiger partial charge on any atom is 0.241 e. The molecule has 2 N–H and O–H groups in total. The van der Waals surface area contributed by atoms with Crippen molar-refractivity contribution in [2.45, 2.75) is 37.3 Å². The number of nitrogens with one attached hydrogen (secondary N) is 2. The Morgan fingerprint density at radius 1 is 1.11 bits per heavy atom. The molecule has 2 aliphatic rings. The highest BCUT2D eigenvalue weighted by Crippen LogP contribution is 2.34. The average Bonchev–Trinajstić information content (AvgIpc) is 3.34. The molecule has 2 aromatic carbocycles. The van der Waals surface area contributed by atoms with Gasteiger partial charge < -0.3 is 10.6 Å². The van der Waals surface area contributed by atoms with Gasteiger partial charge >= 0.3 is 0 Å². The number of likely N-dealkylation sites (N-methyl/N-ethyl adjacent to an activating group) is 1. The van der Waals surface area contributed by atoms with Crippen LogP contribution >= 0.6 is 0 Å². The fourth-order valence-electron chi connectivity index (χ4n) is 4.45. The van der Waals surface area contributed by atoms with E-state index >= 15 is 0 Å². The second-order valence-corrected chi connectivity index (χ2v) is 7.97. The van der Waals surface area contributed by atoms with Crippen molar-refractivity contribution >= 4 is 5.91 Å². The van der Waals surface area contributed by atoms with Crippen molar-refractivity contribution in [2.24, 2.45) is 0 Å². The number of benzene rings is 2. The quantitative estimate of drug-likeness (QED) is 0.827. The van der Waals surface area contributed by atoms with Crippen molar-refractivity contribution in [3.8, 4) is 0 Å². The van der Waals surface area contributed by atoms with Crippen LogP contribution in [0.4, 0.5) is 0 Å². The number of amides is 1. The number of carbonyl (C=O) groups is 1. The summed E-state index contributed by atoms with van der Waals surface area (Å²) >= 11 is 0. The van der Waals surface area contributed by atoms with Crippen LogP contribution in [0.25, 0.3) is 0 Å². The first kappa shape index (κ1) is 18.2. The molecule has 1 amide bonds. The van der Waals surface area contributed by atoms with Gasteiger partial charge in [-0.2, -0.15) is 0 Å². The molecule has 1 aliphatic heterocycles. The first-order valence-corrected chi connectivity index (χ1v) is 10.0.